The highest BCUT2D eigenvalue weighted by Gasteiger charge is 2.05. The van der Waals surface area contributed by atoms with Gasteiger partial charge in [0.15, 0.2) is 0 Å². The number of halogens is 2. The summed E-state index contributed by atoms with van der Waals surface area (Å²) in [4.78, 5) is 4.01. The maximum Gasteiger partial charge on any atom is 0.130 e. The van der Waals surface area contributed by atoms with Crippen LogP contribution in [0.15, 0.2) is 30.5 Å². The standard InChI is InChI=1S/C14H14Cl2N2O2/c1-19-11-3-10(4-12(5-11)20-2)17-7-9-8-18-14(16)6-13(9)15/h3-6,8,17H,7H2,1-2H3. The molecule has 0 bridgehead atoms. The molecule has 2 aromatic rings. The van der Waals surface area contributed by atoms with Crippen molar-refractivity contribution in [3.8, 4) is 11.5 Å². The summed E-state index contributed by atoms with van der Waals surface area (Å²) in [7, 11) is 3.22. The first-order valence-corrected chi connectivity index (χ1v) is 6.65. The average Bonchev–Trinajstić information content (AvgIpc) is 2.46. The van der Waals surface area contributed by atoms with Gasteiger partial charge in [-0.1, -0.05) is 23.2 Å². The van der Waals surface area contributed by atoms with Gasteiger partial charge in [-0.3, -0.25) is 0 Å². The van der Waals surface area contributed by atoms with E-state index in [-0.39, 0.29) is 0 Å². The summed E-state index contributed by atoms with van der Waals surface area (Å²) in [6, 6.07) is 7.17. The van der Waals surface area contributed by atoms with Crippen LogP contribution in [-0.4, -0.2) is 19.2 Å². The van der Waals surface area contributed by atoms with Crippen molar-refractivity contribution in [2.24, 2.45) is 0 Å². The number of hydrogen-bond acceptors (Lipinski definition) is 4. The number of pyridine rings is 1. The lowest BCUT2D eigenvalue weighted by Crippen LogP contribution is -2.01. The Morgan fingerprint density at radius 2 is 1.70 bits per heavy atom. The van der Waals surface area contributed by atoms with Crippen molar-refractivity contribution in [3.05, 3.63) is 46.2 Å². The number of anilines is 1. The minimum Gasteiger partial charge on any atom is -0.497 e. The Hall–Kier alpha value is -1.65. The number of nitrogens with zero attached hydrogens (tertiary/aromatic N) is 1. The Balaban J connectivity index is 2.13. The van der Waals surface area contributed by atoms with Gasteiger partial charge < -0.3 is 14.8 Å². The third-order valence-electron chi connectivity index (χ3n) is 2.73. The lowest BCUT2D eigenvalue weighted by Gasteiger charge is -2.11. The molecule has 0 fully saturated rings. The first-order chi connectivity index (χ1) is 9.62. The Labute approximate surface area is 127 Å². The fourth-order valence-electron chi connectivity index (χ4n) is 1.67. The summed E-state index contributed by atoms with van der Waals surface area (Å²) in [5.41, 5.74) is 1.73. The quantitative estimate of drug-likeness (QED) is 0.847. The van der Waals surface area contributed by atoms with E-state index in [2.05, 4.69) is 10.3 Å². The molecule has 4 nitrogen and oxygen atoms in total. The van der Waals surface area contributed by atoms with E-state index in [9.17, 15) is 0 Å². The van der Waals surface area contributed by atoms with Crippen LogP contribution in [0.3, 0.4) is 0 Å². The zero-order valence-corrected chi connectivity index (χ0v) is 12.6. The second kappa shape index (κ2) is 6.68. The molecule has 1 aromatic heterocycles. The highest BCUT2D eigenvalue weighted by Crippen LogP contribution is 2.27. The van der Waals surface area contributed by atoms with E-state index in [0.29, 0.717) is 28.2 Å². The van der Waals surface area contributed by atoms with Gasteiger partial charge in [-0.05, 0) is 6.07 Å². The van der Waals surface area contributed by atoms with Gasteiger partial charge in [0.2, 0.25) is 0 Å². The average molecular weight is 313 g/mol. The molecule has 0 amide bonds. The number of benzene rings is 1. The van der Waals surface area contributed by atoms with Crippen molar-refractivity contribution >= 4 is 28.9 Å². The van der Waals surface area contributed by atoms with Crippen LogP contribution in [0, 0.1) is 0 Å². The van der Waals surface area contributed by atoms with Crippen LogP contribution in [0.1, 0.15) is 5.56 Å². The Morgan fingerprint density at radius 1 is 1.05 bits per heavy atom. The Bertz CT molecular complexity index is 583. The molecule has 0 unspecified atom stereocenters. The zero-order chi connectivity index (χ0) is 14.5. The number of hydrogen-bond donors (Lipinski definition) is 1. The molecule has 1 heterocycles. The molecular formula is C14H14Cl2N2O2. The Kier molecular flexibility index (Phi) is 4.93. The van der Waals surface area contributed by atoms with Gasteiger partial charge in [0.25, 0.3) is 0 Å². The van der Waals surface area contributed by atoms with Crippen LogP contribution in [0.2, 0.25) is 10.2 Å². The third-order valence-corrected chi connectivity index (χ3v) is 3.29. The summed E-state index contributed by atoms with van der Waals surface area (Å²) >= 11 is 11.9. The number of ether oxygens (including phenoxy) is 2. The smallest absolute Gasteiger partial charge is 0.130 e. The number of nitrogens with one attached hydrogen (secondary N) is 1. The normalized spacial score (nSPS) is 10.2. The van der Waals surface area contributed by atoms with Crippen molar-refractivity contribution in [2.75, 3.05) is 19.5 Å². The van der Waals surface area contributed by atoms with Crippen LogP contribution in [0.4, 0.5) is 5.69 Å². The lowest BCUT2D eigenvalue weighted by atomic mass is 10.2. The molecule has 0 spiro atoms. The molecule has 1 N–H and O–H groups in total. The molecule has 0 radical (unpaired) electrons. The van der Waals surface area contributed by atoms with Gasteiger partial charge in [0.1, 0.15) is 16.7 Å². The molecule has 6 heteroatoms. The summed E-state index contributed by atoms with van der Waals surface area (Å²) in [5, 5.41) is 4.20. The minimum atomic E-state index is 0.377. The van der Waals surface area contributed by atoms with Crippen LogP contribution >= 0.6 is 23.2 Å². The van der Waals surface area contributed by atoms with Crippen molar-refractivity contribution in [1.82, 2.24) is 4.98 Å². The van der Waals surface area contributed by atoms with Gasteiger partial charge in [-0.15, -0.1) is 0 Å². The second-order valence-corrected chi connectivity index (χ2v) is 4.85. The first-order valence-electron chi connectivity index (χ1n) is 5.89. The summed E-state index contributed by atoms with van der Waals surface area (Å²) in [5.74, 6) is 1.43. The van der Waals surface area contributed by atoms with Gasteiger partial charge in [-0.2, -0.15) is 0 Å². The largest absolute Gasteiger partial charge is 0.497 e. The summed E-state index contributed by atoms with van der Waals surface area (Å²) in [6.45, 7) is 0.527. The first kappa shape index (κ1) is 14.8. The molecule has 0 saturated heterocycles. The van der Waals surface area contributed by atoms with E-state index in [4.69, 9.17) is 32.7 Å². The van der Waals surface area contributed by atoms with E-state index in [0.717, 1.165) is 11.3 Å². The number of aromatic nitrogens is 1. The Morgan fingerprint density at radius 3 is 2.25 bits per heavy atom. The van der Waals surface area contributed by atoms with E-state index in [1.165, 1.54) is 0 Å². The molecular weight excluding hydrogens is 299 g/mol. The van der Waals surface area contributed by atoms with E-state index in [1.54, 1.807) is 26.5 Å². The van der Waals surface area contributed by atoms with Crippen molar-refractivity contribution in [3.63, 3.8) is 0 Å². The van der Waals surface area contributed by atoms with E-state index in [1.807, 2.05) is 18.2 Å². The van der Waals surface area contributed by atoms with Gasteiger partial charge in [-0.25, -0.2) is 4.98 Å². The van der Waals surface area contributed by atoms with Crippen LogP contribution in [-0.2, 0) is 6.54 Å². The van der Waals surface area contributed by atoms with Crippen LogP contribution in [0.5, 0.6) is 11.5 Å². The fourth-order valence-corrected chi connectivity index (χ4v) is 2.11. The molecule has 106 valence electrons. The van der Waals surface area contributed by atoms with Crippen molar-refractivity contribution in [1.29, 1.82) is 0 Å². The maximum absolute atomic E-state index is 6.10. The molecule has 0 atom stereocenters. The fraction of sp³-hybridized carbons (Fsp3) is 0.214. The van der Waals surface area contributed by atoms with E-state index >= 15 is 0 Å². The zero-order valence-electron chi connectivity index (χ0n) is 11.1. The lowest BCUT2D eigenvalue weighted by molar-refractivity contribution is 0.394. The topological polar surface area (TPSA) is 43.4 Å². The predicted octanol–water partition coefficient (Wildman–Crippen LogP) is 4.02. The summed E-state index contributed by atoms with van der Waals surface area (Å²) in [6.07, 6.45) is 1.65. The molecule has 0 aliphatic carbocycles. The molecule has 20 heavy (non-hydrogen) atoms. The molecule has 0 saturated carbocycles. The molecule has 0 aliphatic rings. The number of methoxy groups -OCH3 is 2. The number of rotatable bonds is 5. The summed E-state index contributed by atoms with van der Waals surface area (Å²) < 4.78 is 10.4. The molecule has 1 aromatic carbocycles. The van der Waals surface area contributed by atoms with Gasteiger partial charge >= 0.3 is 0 Å². The SMILES string of the molecule is COc1cc(NCc2cnc(Cl)cc2Cl)cc(OC)c1. The van der Waals surface area contributed by atoms with Crippen LogP contribution in [0.25, 0.3) is 0 Å². The van der Waals surface area contributed by atoms with E-state index < -0.39 is 0 Å². The van der Waals surface area contributed by atoms with Crippen molar-refractivity contribution < 1.29 is 9.47 Å². The monoisotopic (exact) mass is 312 g/mol. The minimum absolute atomic E-state index is 0.377. The molecule has 2 rings (SSSR count). The predicted molar refractivity (Wildman–Crippen MR) is 81.1 cm³/mol. The highest BCUT2D eigenvalue weighted by atomic mass is 35.5. The molecule has 0 aliphatic heterocycles. The van der Waals surface area contributed by atoms with Crippen molar-refractivity contribution in [2.45, 2.75) is 6.54 Å². The highest BCUT2D eigenvalue weighted by molar-refractivity contribution is 6.34. The maximum atomic E-state index is 6.10. The third kappa shape index (κ3) is 3.68. The van der Waals surface area contributed by atoms with Gasteiger partial charge in [0, 0.05) is 42.2 Å². The van der Waals surface area contributed by atoms with Gasteiger partial charge in [0.05, 0.1) is 19.2 Å². The van der Waals surface area contributed by atoms with Crippen LogP contribution < -0.4 is 14.8 Å². The second-order valence-electron chi connectivity index (χ2n) is 4.05.